The molecule has 1 atom stereocenters. The van der Waals surface area contributed by atoms with Crippen molar-refractivity contribution in [1.82, 2.24) is 5.32 Å². The molecule has 3 N–H and O–H groups in total. The number of carbonyl (C=O) groups is 1. The van der Waals surface area contributed by atoms with Gasteiger partial charge in [0.1, 0.15) is 5.82 Å². The maximum Gasteiger partial charge on any atom is 0.251 e. The zero-order valence-corrected chi connectivity index (χ0v) is 12.1. The van der Waals surface area contributed by atoms with Gasteiger partial charge in [0.15, 0.2) is 0 Å². The Morgan fingerprint density at radius 3 is 2.76 bits per heavy atom. The summed E-state index contributed by atoms with van der Waals surface area (Å²) in [6.45, 7) is 0. The van der Waals surface area contributed by atoms with Crippen LogP contribution in [0.4, 0.5) is 10.1 Å². The van der Waals surface area contributed by atoms with Gasteiger partial charge in [-0.05, 0) is 54.4 Å². The summed E-state index contributed by atoms with van der Waals surface area (Å²) in [6.07, 6.45) is 0.793. The van der Waals surface area contributed by atoms with Gasteiger partial charge in [0.25, 0.3) is 5.91 Å². The standard InChI is InChI=1S/C16H15FN2OS/c17-11-3-6-15-13(9-11)14(7-8-21-15)19-16(20)10-1-4-12(18)5-2-10/h1-6,9,14H,7-8,18H2,(H,19,20). The van der Waals surface area contributed by atoms with Crippen LogP contribution in [-0.2, 0) is 0 Å². The number of hydrogen-bond acceptors (Lipinski definition) is 3. The molecule has 0 saturated heterocycles. The Kier molecular flexibility index (Phi) is 3.84. The Bertz CT molecular complexity index is 672. The van der Waals surface area contributed by atoms with E-state index in [1.54, 1.807) is 42.1 Å². The number of anilines is 1. The second-order valence-electron chi connectivity index (χ2n) is 4.97. The fourth-order valence-electron chi connectivity index (χ4n) is 2.39. The lowest BCUT2D eigenvalue weighted by Crippen LogP contribution is -2.30. The molecular formula is C16H15FN2OS. The lowest BCUT2D eigenvalue weighted by molar-refractivity contribution is 0.0935. The fraction of sp³-hybridized carbons (Fsp3) is 0.188. The summed E-state index contributed by atoms with van der Waals surface area (Å²) in [6, 6.07) is 11.4. The van der Waals surface area contributed by atoms with E-state index in [0.717, 1.165) is 22.6 Å². The first kappa shape index (κ1) is 13.9. The third kappa shape index (κ3) is 3.03. The molecule has 3 rings (SSSR count). The molecule has 0 aliphatic carbocycles. The van der Waals surface area contributed by atoms with Gasteiger partial charge in [0.2, 0.25) is 0 Å². The quantitative estimate of drug-likeness (QED) is 0.836. The molecule has 0 fully saturated rings. The molecule has 21 heavy (non-hydrogen) atoms. The second kappa shape index (κ2) is 5.77. The van der Waals surface area contributed by atoms with Crippen LogP contribution < -0.4 is 11.1 Å². The minimum absolute atomic E-state index is 0.151. The number of benzene rings is 2. The predicted molar refractivity (Wildman–Crippen MR) is 82.8 cm³/mol. The van der Waals surface area contributed by atoms with Gasteiger partial charge >= 0.3 is 0 Å². The molecule has 0 bridgehead atoms. The van der Waals surface area contributed by atoms with Crippen molar-refractivity contribution in [2.24, 2.45) is 0 Å². The Labute approximate surface area is 126 Å². The van der Waals surface area contributed by atoms with E-state index in [1.807, 2.05) is 0 Å². The largest absolute Gasteiger partial charge is 0.399 e. The number of halogens is 1. The monoisotopic (exact) mass is 302 g/mol. The SMILES string of the molecule is Nc1ccc(C(=O)NC2CCSc3ccc(F)cc32)cc1. The molecule has 5 heteroatoms. The molecule has 1 aliphatic rings. The summed E-state index contributed by atoms with van der Waals surface area (Å²) < 4.78 is 13.4. The van der Waals surface area contributed by atoms with Crippen LogP contribution in [-0.4, -0.2) is 11.7 Å². The number of rotatable bonds is 2. The van der Waals surface area contributed by atoms with E-state index in [1.165, 1.54) is 12.1 Å². The van der Waals surface area contributed by atoms with Crippen LogP contribution in [0.3, 0.4) is 0 Å². The minimum Gasteiger partial charge on any atom is -0.399 e. The predicted octanol–water partition coefficient (Wildman–Crippen LogP) is 3.37. The van der Waals surface area contributed by atoms with Crippen molar-refractivity contribution in [3.8, 4) is 0 Å². The second-order valence-corrected chi connectivity index (χ2v) is 6.10. The van der Waals surface area contributed by atoms with E-state index in [9.17, 15) is 9.18 Å². The van der Waals surface area contributed by atoms with E-state index < -0.39 is 0 Å². The summed E-state index contributed by atoms with van der Waals surface area (Å²) in [4.78, 5) is 13.3. The Hall–Kier alpha value is -2.01. The molecule has 2 aromatic carbocycles. The van der Waals surface area contributed by atoms with Crippen molar-refractivity contribution in [1.29, 1.82) is 0 Å². The van der Waals surface area contributed by atoms with E-state index in [2.05, 4.69) is 5.32 Å². The molecule has 1 aliphatic heterocycles. The first-order valence-electron chi connectivity index (χ1n) is 6.72. The normalized spacial score (nSPS) is 17.1. The van der Waals surface area contributed by atoms with E-state index in [0.29, 0.717) is 11.3 Å². The highest BCUT2D eigenvalue weighted by Gasteiger charge is 2.23. The number of nitrogens with one attached hydrogen (secondary N) is 1. The molecule has 0 saturated carbocycles. The number of fused-ring (bicyclic) bond motifs is 1. The van der Waals surface area contributed by atoms with Crippen molar-refractivity contribution in [2.45, 2.75) is 17.4 Å². The zero-order valence-electron chi connectivity index (χ0n) is 11.3. The van der Waals surface area contributed by atoms with E-state index in [-0.39, 0.29) is 17.8 Å². The lowest BCUT2D eigenvalue weighted by Gasteiger charge is -2.26. The number of amides is 1. The number of thioether (sulfide) groups is 1. The summed E-state index contributed by atoms with van der Waals surface area (Å²) in [5, 5.41) is 2.98. The summed E-state index contributed by atoms with van der Waals surface area (Å²) in [5.74, 6) is 0.468. The van der Waals surface area contributed by atoms with Crippen LogP contribution in [0.5, 0.6) is 0 Å². The van der Waals surface area contributed by atoms with E-state index >= 15 is 0 Å². The van der Waals surface area contributed by atoms with Crippen molar-refractivity contribution in [3.05, 3.63) is 59.4 Å². The van der Waals surface area contributed by atoms with Crippen LogP contribution in [0.15, 0.2) is 47.4 Å². The molecule has 3 nitrogen and oxygen atoms in total. The number of hydrogen-bond donors (Lipinski definition) is 2. The molecule has 0 spiro atoms. The lowest BCUT2D eigenvalue weighted by atomic mass is 10.0. The first-order chi connectivity index (χ1) is 10.1. The molecule has 2 aromatic rings. The summed E-state index contributed by atoms with van der Waals surface area (Å²) >= 11 is 1.69. The average Bonchev–Trinajstić information content (AvgIpc) is 2.48. The molecule has 0 radical (unpaired) electrons. The number of nitrogens with two attached hydrogens (primary N) is 1. The third-order valence-electron chi connectivity index (χ3n) is 3.49. The Morgan fingerprint density at radius 1 is 1.24 bits per heavy atom. The topological polar surface area (TPSA) is 55.1 Å². The van der Waals surface area contributed by atoms with Gasteiger partial charge in [0, 0.05) is 21.9 Å². The highest BCUT2D eigenvalue weighted by Crippen LogP contribution is 2.36. The van der Waals surface area contributed by atoms with E-state index in [4.69, 9.17) is 5.73 Å². The van der Waals surface area contributed by atoms with Gasteiger partial charge in [0.05, 0.1) is 6.04 Å². The minimum atomic E-state index is -0.275. The molecule has 0 aromatic heterocycles. The van der Waals surface area contributed by atoms with Gasteiger partial charge in [-0.15, -0.1) is 11.8 Å². The zero-order chi connectivity index (χ0) is 14.8. The maximum atomic E-state index is 13.4. The average molecular weight is 302 g/mol. The molecule has 1 unspecified atom stereocenters. The molecule has 1 heterocycles. The first-order valence-corrected chi connectivity index (χ1v) is 7.71. The van der Waals surface area contributed by atoms with Crippen molar-refractivity contribution < 1.29 is 9.18 Å². The summed E-state index contributed by atoms with van der Waals surface area (Å²) in [5.41, 5.74) is 7.65. The van der Waals surface area contributed by atoms with Crippen molar-refractivity contribution >= 4 is 23.4 Å². The van der Waals surface area contributed by atoms with Gasteiger partial charge in [-0.2, -0.15) is 0 Å². The van der Waals surface area contributed by atoms with Crippen molar-refractivity contribution in [2.75, 3.05) is 11.5 Å². The molecular weight excluding hydrogens is 287 g/mol. The van der Waals surface area contributed by atoms with Crippen LogP contribution in [0.1, 0.15) is 28.4 Å². The van der Waals surface area contributed by atoms with Crippen LogP contribution in [0.25, 0.3) is 0 Å². The molecule has 108 valence electrons. The van der Waals surface area contributed by atoms with Crippen LogP contribution >= 0.6 is 11.8 Å². The summed E-state index contributed by atoms with van der Waals surface area (Å²) in [7, 11) is 0. The maximum absolute atomic E-state index is 13.4. The third-order valence-corrected chi connectivity index (χ3v) is 4.61. The fourth-order valence-corrected chi connectivity index (χ4v) is 3.50. The number of carbonyl (C=O) groups excluding carboxylic acids is 1. The van der Waals surface area contributed by atoms with Crippen LogP contribution in [0.2, 0.25) is 0 Å². The van der Waals surface area contributed by atoms with Gasteiger partial charge in [-0.25, -0.2) is 4.39 Å². The number of nitrogen functional groups attached to an aromatic ring is 1. The van der Waals surface area contributed by atoms with Gasteiger partial charge < -0.3 is 11.1 Å². The van der Waals surface area contributed by atoms with Crippen molar-refractivity contribution in [3.63, 3.8) is 0 Å². The van der Waals surface area contributed by atoms with Gasteiger partial charge in [-0.3, -0.25) is 4.79 Å². The van der Waals surface area contributed by atoms with Crippen LogP contribution in [0, 0.1) is 5.82 Å². The Balaban J connectivity index is 1.81. The highest BCUT2D eigenvalue weighted by atomic mass is 32.2. The smallest absolute Gasteiger partial charge is 0.251 e. The van der Waals surface area contributed by atoms with Gasteiger partial charge in [-0.1, -0.05) is 0 Å². The molecule has 1 amide bonds. The Morgan fingerprint density at radius 2 is 2.00 bits per heavy atom. The highest BCUT2D eigenvalue weighted by molar-refractivity contribution is 7.99.